The maximum atomic E-state index is 9.37. The summed E-state index contributed by atoms with van der Waals surface area (Å²) in [7, 11) is 0. The summed E-state index contributed by atoms with van der Waals surface area (Å²) in [5.74, 6) is 1.03. The predicted molar refractivity (Wildman–Crippen MR) is 82.9 cm³/mol. The van der Waals surface area contributed by atoms with Crippen molar-refractivity contribution in [3.63, 3.8) is 0 Å². The van der Waals surface area contributed by atoms with Gasteiger partial charge in [-0.25, -0.2) is 4.98 Å². The Kier molecular flexibility index (Phi) is 5.80. The van der Waals surface area contributed by atoms with Crippen molar-refractivity contribution in [1.29, 1.82) is 0 Å². The molecule has 0 radical (unpaired) electrons. The minimum Gasteiger partial charge on any atom is -0.395 e. The molecule has 1 aromatic heterocycles. The first-order chi connectivity index (χ1) is 9.80. The van der Waals surface area contributed by atoms with Crippen molar-refractivity contribution in [3.8, 4) is 0 Å². The lowest BCUT2D eigenvalue weighted by Gasteiger charge is -2.32. The average Bonchev–Trinajstić information content (AvgIpc) is 3.30. The second-order valence-electron chi connectivity index (χ2n) is 5.53. The molecule has 2 rings (SSSR count). The lowest BCUT2D eigenvalue weighted by molar-refractivity contribution is 0.295. The number of anilines is 1. The maximum Gasteiger partial charge on any atom is 0.133 e. The molecule has 0 unspecified atom stereocenters. The van der Waals surface area contributed by atoms with Gasteiger partial charge in [0.2, 0.25) is 0 Å². The molecule has 0 bridgehead atoms. The van der Waals surface area contributed by atoms with E-state index in [0.29, 0.717) is 18.6 Å². The molecule has 112 valence electrons. The minimum atomic E-state index is 0.169. The zero-order chi connectivity index (χ0) is 14.4. The van der Waals surface area contributed by atoms with Gasteiger partial charge in [-0.15, -0.1) is 0 Å². The van der Waals surface area contributed by atoms with Crippen LogP contribution in [0.4, 0.5) is 5.82 Å². The molecule has 1 saturated carbocycles. The highest BCUT2D eigenvalue weighted by Crippen LogP contribution is 2.24. The van der Waals surface area contributed by atoms with Crippen LogP contribution in [0.1, 0.15) is 45.1 Å². The van der Waals surface area contributed by atoms with Gasteiger partial charge >= 0.3 is 0 Å². The van der Waals surface area contributed by atoms with Crippen molar-refractivity contribution in [2.45, 2.75) is 58.2 Å². The number of nitrogens with zero attached hydrogens (tertiary/aromatic N) is 2. The van der Waals surface area contributed by atoms with Gasteiger partial charge in [0.05, 0.1) is 6.61 Å². The van der Waals surface area contributed by atoms with Gasteiger partial charge in [0.25, 0.3) is 0 Å². The Morgan fingerprint density at radius 2 is 2.15 bits per heavy atom. The van der Waals surface area contributed by atoms with E-state index in [1.165, 1.54) is 18.4 Å². The minimum absolute atomic E-state index is 0.169. The molecule has 1 heterocycles. The van der Waals surface area contributed by atoms with Crippen LogP contribution in [0.3, 0.4) is 0 Å². The number of hydrogen-bond donors (Lipinski definition) is 2. The third kappa shape index (κ3) is 3.93. The van der Waals surface area contributed by atoms with Gasteiger partial charge < -0.3 is 15.3 Å². The smallest absolute Gasteiger partial charge is 0.133 e. The van der Waals surface area contributed by atoms with Crippen LogP contribution in [0, 0.1) is 0 Å². The SMILES string of the molecule is CCC(CC)N(CCO)c1ncccc1CNC1CC1. The maximum absolute atomic E-state index is 9.37. The van der Waals surface area contributed by atoms with Gasteiger partial charge in [-0.1, -0.05) is 19.9 Å². The number of pyridine rings is 1. The molecule has 1 aromatic rings. The first-order valence-electron chi connectivity index (χ1n) is 7.84. The van der Waals surface area contributed by atoms with Crippen LogP contribution < -0.4 is 10.2 Å². The molecule has 1 fully saturated rings. The van der Waals surface area contributed by atoms with Crippen LogP contribution in [0.25, 0.3) is 0 Å². The fraction of sp³-hybridized carbons (Fsp3) is 0.688. The Morgan fingerprint density at radius 3 is 2.75 bits per heavy atom. The van der Waals surface area contributed by atoms with E-state index >= 15 is 0 Å². The molecule has 2 N–H and O–H groups in total. The summed E-state index contributed by atoms with van der Waals surface area (Å²) in [6.45, 7) is 6.09. The Morgan fingerprint density at radius 1 is 1.40 bits per heavy atom. The normalized spacial score (nSPS) is 14.8. The summed E-state index contributed by atoms with van der Waals surface area (Å²) in [4.78, 5) is 6.86. The van der Waals surface area contributed by atoms with Gasteiger partial charge in [-0.05, 0) is 31.7 Å². The molecule has 4 nitrogen and oxygen atoms in total. The first kappa shape index (κ1) is 15.3. The third-order valence-corrected chi connectivity index (χ3v) is 4.02. The second kappa shape index (κ2) is 7.60. The van der Waals surface area contributed by atoms with E-state index in [4.69, 9.17) is 0 Å². The van der Waals surface area contributed by atoms with Crippen molar-refractivity contribution in [1.82, 2.24) is 10.3 Å². The van der Waals surface area contributed by atoms with Crippen LogP contribution in [0.2, 0.25) is 0 Å². The molecular weight excluding hydrogens is 250 g/mol. The zero-order valence-electron chi connectivity index (χ0n) is 12.7. The monoisotopic (exact) mass is 277 g/mol. The predicted octanol–water partition coefficient (Wildman–Crippen LogP) is 2.32. The Bertz CT molecular complexity index is 402. The fourth-order valence-electron chi connectivity index (χ4n) is 2.67. The Hall–Kier alpha value is -1.13. The Balaban J connectivity index is 2.16. The summed E-state index contributed by atoms with van der Waals surface area (Å²) in [6.07, 6.45) is 6.58. The van der Waals surface area contributed by atoms with Crippen molar-refractivity contribution in [2.75, 3.05) is 18.1 Å². The van der Waals surface area contributed by atoms with Crippen LogP contribution >= 0.6 is 0 Å². The van der Waals surface area contributed by atoms with E-state index in [2.05, 4.69) is 35.1 Å². The van der Waals surface area contributed by atoms with Gasteiger partial charge in [0, 0.05) is 36.9 Å². The molecule has 0 saturated heterocycles. The molecule has 4 heteroatoms. The fourth-order valence-corrected chi connectivity index (χ4v) is 2.67. The summed E-state index contributed by atoms with van der Waals surface area (Å²) >= 11 is 0. The van der Waals surface area contributed by atoms with Crippen molar-refractivity contribution < 1.29 is 5.11 Å². The molecule has 0 spiro atoms. The third-order valence-electron chi connectivity index (χ3n) is 4.02. The average molecular weight is 277 g/mol. The molecule has 0 amide bonds. The van der Waals surface area contributed by atoms with Crippen LogP contribution in [0.5, 0.6) is 0 Å². The largest absolute Gasteiger partial charge is 0.395 e. The molecule has 1 aliphatic carbocycles. The van der Waals surface area contributed by atoms with E-state index in [0.717, 1.165) is 25.2 Å². The number of aromatic nitrogens is 1. The van der Waals surface area contributed by atoms with Gasteiger partial charge in [-0.3, -0.25) is 0 Å². The highest BCUT2D eigenvalue weighted by molar-refractivity contribution is 5.47. The quantitative estimate of drug-likeness (QED) is 0.727. The van der Waals surface area contributed by atoms with E-state index in [1.807, 2.05) is 12.3 Å². The number of aliphatic hydroxyl groups is 1. The molecule has 0 aliphatic heterocycles. The number of nitrogens with one attached hydrogen (secondary N) is 1. The number of aliphatic hydroxyl groups excluding tert-OH is 1. The van der Waals surface area contributed by atoms with E-state index in [9.17, 15) is 5.11 Å². The highest BCUT2D eigenvalue weighted by atomic mass is 16.3. The highest BCUT2D eigenvalue weighted by Gasteiger charge is 2.23. The molecule has 0 atom stereocenters. The van der Waals surface area contributed by atoms with Gasteiger partial charge in [-0.2, -0.15) is 0 Å². The Labute approximate surface area is 122 Å². The van der Waals surface area contributed by atoms with E-state index in [1.54, 1.807) is 0 Å². The second-order valence-corrected chi connectivity index (χ2v) is 5.53. The van der Waals surface area contributed by atoms with Crippen LogP contribution in [0.15, 0.2) is 18.3 Å². The molecule has 0 aromatic carbocycles. The van der Waals surface area contributed by atoms with Crippen molar-refractivity contribution >= 4 is 5.82 Å². The van der Waals surface area contributed by atoms with Gasteiger partial charge in [0.15, 0.2) is 0 Å². The van der Waals surface area contributed by atoms with Crippen molar-refractivity contribution in [3.05, 3.63) is 23.9 Å². The summed E-state index contributed by atoms with van der Waals surface area (Å²) in [6, 6.07) is 5.28. The number of hydrogen-bond acceptors (Lipinski definition) is 4. The zero-order valence-corrected chi connectivity index (χ0v) is 12.7. The number of rotatable bonds is 9. The van der Waals surface area contributed by atoms with Crippen LogP contribution in [-0.2, 0) is 6.54 Å². The lowest BCUT2D eigenvalue weighted by Crippen LogP contribution is -2.38. The molecular formula is C16H27N3O. The summed E-state index contributed by atoms with van der Waals surface area (Å²) in [5.41, 5.74) is 1.24. The van der Waals surface area contributed by atoms with E-state index in [-0.39, 0.29) is 6.61 Å². The summed E-state index contributed by atoms with van der Waals surface area (Å²) < 4.78 is 0. The van der Waals surface area contributed by atoms with Crippen LogP contribution in [-0.4, -0.2) is 35.3 Å². The van der Waals surface area contributed by atoms with Gasteiger partial charge in [0.1, 0.15) is 5.82 Å². The molecule has 1 aliphatic rings. The van der Waals surface area contributed by atoms with E-state index < -0.39 is 0 Å². The standard InChI is InChI=1S/C16H27N3O/c1-3-15(4-2)19(10-11-20)16-13(6-5-9-17-16)12-18-14-7-8-14/h5-6,9,14-15,18,20H,3-4,7-8,10-12H2,1-2H3. The van der Waals surface area contributed by atoms with Crippen molar-refractivity contribution in [2.24, 2.45) is 0 Å². The molecule has 20 heavy (non-hydrogen) atoms. The summed E-state index contributed by atoms with van der Waals surface area (Å²) in [5, 5.41) is 12.9. The lowest BCUT2D eigenvalue weighted by atomic mass is 10.1. The topological polar surface area (TPSA) is 48.4 Å². The first-order valence-corrected chi connectivity index (χ1v) is 7.84.